The summed E-state index contributed by atoms with van der Waals surface area (Å²) < 4.78 is 5.86. The SMILES string of the molecule is O=C(CNc1ccccc1Oc1ccccc1)NCC1CC1. The summed E-state index contributed by atoms with van der Waals surface area (Å²) >= 11 is 0. The van der Waals surface area contributed by atoms with Crippen LogP contribution in [-0.2, 0) is 4.79 Å². The standard InChI is InChI=1S/C18H20N2O2/c21-18(20-12-14-10-11-14)13-19-16-8-4-5-9-17(16)22-15-6-2-1-3-7-15/h1-9,14,19H,10-13H2,(H,20,21). The van der Waals surface area contributed by atoms with E-state index in [-0.39, 0.29) is 12.5 Å². The highest BCUT2D eigenvalue weighted by molar-refractivity contribution is 5.81. The molecular formula is C18H20N2O2. The number of rotatable bonds is 7. The maximum atomic E-state index is 11.8. The molecule has 4 heteroatoms. The second kappa shape index (κ2) is 6.98. The van der Waals surface area contributed by atoms with Gasteiger partial charge in [0.05, 0.1) is 12.2 Å². The van der Waals surface area contributed by atoms with E-state index < -0.39 is 0 Å². The van der Waals surface area contributed by atoms with Gasteiger partial charge in [-0.1, -0.05) is 30.3 Å². The van der Waals surface area contributed by atoms with E-state index in [0.29, 0.717) is 11.7 Å². The van der Waals surface area contributed by atoms with Crippen molar-refractivity contribution in [1.29, 1.82) is 0 Å². The maximum Gasteiger partial charge on any atom is 0.239 e. The number of nitrogens with one attached hydrogen (secondary N) is 2. The molecule has 1 aliphatic carbocycles. The maximum absolute atomic E-state index is 11.8. The molecule has 1 aliphatic rings. The van der Waals surface area contributed by atoms with E-state index >= 15 is 0 Å². The largest absolute Gasteiger partial charge is 0.455 e. The van der Waals surface area contributed by atoms with Crippen LogP contribution in [0.25, 0.3) is 0 Å². The first-order valence-corrected chi connectivity index (χ1v) is 7.64. The van der Waals surface area contributed by atoms with E-state index in [2.05, 4.69) is 10.6 Å². The van der Waals surface area contributed by atoms with Crippen molar-refractivity contribution in [2.24, 2.45) is 5.92 Å². The van der Waals surface area contributed by atoms with Crippen LogP contribution in [0.15, 0.2) is 54.6 Å². The van der Waals surface area contributed by atoms with Gasteiger partial charge in [0.15, 0.2) is 5.75 Å². The molecular weight excluding hydrogens is 276 g/mol. The summed E-state index contributed by atoms with van der Waals surface area (Å²) in [5.74, 6) is 2.19. The minimum atomic E-state index is 0.0152. The third-order valence-corrected chi connectivity index (χ3v) is 3.58. The van der Waals surface area contributed by atoms with E-state index in [1.54, 1.807) is 0 Å². The molecule has 1 saturated carbocycles. The molecule has 2 aromatic rings. The zero-order valence-corrected chi connectivity index (χ0v) is 12.4. The first-order chi connectivity index (χ1) is 10.8. The Hall–Kier alpha value is -2.49. The van der Waals surface area contributed by atoms with Crippen molar-refractivity contribution in [2.75, 3.05) is 18.4 Å². The Morgan fingerprint density at radius 1 is 1.05 bits per heavy atom. The van der Waals surface area contributed by atoms with E-state index in [1.807, 2.05) is 54.6 Å². The van der Waals surface area contributed by atoms with Crippen LogP contribution in [0.3, 0.4) is 0 Å². The predicted molar refractivity (Wildman–Crippen MR) is 87.2 cm³/mol. The number of carbonyl (C=O) groups is 1. The number of carbonyl (C=O) groups excluding carboxylic acids is 1. The quantitative estimate of drug-likeness (QED) is 0.823. The van der Waals surface area contributed by atoms with Crippen LogP contribution in [0.5, 0.6) is 11.5 Å². The van der Waals surface area contributed by atoms with Crippen LogP contribution in [0.2, 0.25) is 0 Å². The van der Waals surface area contributed by atoms with Crippen molar-refractivity contribution < 1.29 is 9.53 Å². The summed E-state index contributed by atoms with van der Waals surface area (Å²) in [6, 6.07) is 17.2. The molecule has 2 N–H and O–H groups in total. The van der Waals surface area contributed by atoms with Crippen molar-refractivity contribution in [3.8, 4) is 11.5 Å². The van der Waals surface area contributed by atoms with Gasteiger partial charge in [-0.15, -0.1) is 0 Å². The number of benzene rings is 2. The van der Waals surface area contributed by atoms with E-state index in [9.17, 15) is 4.79 Å². The van der Waals surface area contributed by atoms with E-state index in [4.69, 9.17) is 4.74 Å². The van der Waals surface area contributed by atoms with Gasteiger partial charge < -0.3 is 15.4 Å². The highest BCUT2D eigenvalue weighted by Crippen LogP contribution is 2.29. The second-order valence-electron chi connectivity index (χ2n) is 5.51. The summed E-state index contributed by atoms with van der Waals surface area (Å²) in [6.07, 6.45) is 2.48. The molecule has 22 heavy (non-hydrogen) atoms. The molecule has 3 rings (SSSR count). The Bertz CT molecular complexity index is 624. The lowest BCUT2D eigenvalue weighted by molar-refractivity contribution is -0.119. The molecule has 0 spiro atoms. The Morgan fingerprint density at radius 2 is 1.77 bits per heavy atom. The number of ether oxygens (including phenoxy) is 1. The van der Waals surface area contributed by atoms with Crippen molar-refractivity contribution in [1.82, 2.24) is 5.32 Å². The smallest absolute Gasteiger partial charge is 0.239 e. The number of para-hydroxylation sites is 3. The molecule has 114 valence electrons. The highest BCUT2D eigenvalue weighted by atomic mass is 16.5. The van der Waals surface area contributed by atoms with Gasteiger partial charge in [-0.3, -0.25) is 4.79 Å². The van der Waals surface area contributed by atoms with Gasteiger partial charge in [-0.05, 0) is 43.0 Å². The third kappa shape index (κ3) is 4.25. The zero-order valence-electron chi connectivity index (χ0n) is 12.4. The van der Waals surface area contributed by atoms with Crippen molar-refractivity contribution in [2.45, 2.75) is 12.8 Å². The van der Waals surface area contributed by atoms with Crippen molar-refractivity contribution >= 4 is 11.6 Å². The minimum absolute atomic E-state index is 0.0152. The Balaban J connectivity index is 1.57. The average molecular weight is 296 g/mol. The molecule has 0 aliphatic heterocycles. The number of anilines is 1. The average Bonchev–Trinajstić information content (AvgIpc) is 3.37. The molecule has 2 aromatic carbocycles. The summed E-state index contributed by atoms with van der Waals surface area (Å²) in [4.78, 5) is 11.8. The Labute approximate surface area is 130 Å². The lowest BCUT2D eigenvalue weighted by atomic mass is 10.3. The van der Waals surface area contributed by atoms with Gasteiger partial charge >= 0.3 is 0 Å². The van der Waals surface area contributed by atoms with Crippen LogP contribution in [-0.4, -0.2) is 19.0 Å². The van der Waals surface area contributed by atoms with Crippen LogP contribution in [0.1, 0.15) is 12.8 Å². The van der Waals surface area contributed by atoms with Crippen molar-refractivity contribution in [3.05, 3.63) is 54.6 Å². The number of amides is 1. The fraction of sp³-hybridized carbons (Fsp3) is 0.278. The van der Waals surface area contributed by atoms with Crippen LogP contribution in [0.4, 0.5) is 5.69 Å². The summed E-state index contributed by atoms with van der Waals surface area (Å²) in [5, 5.41) is 6.08. The minimum Gasteiger partial charge on any atom is -0.455 e. The summed E-state index contributed by atoms with van der Waals surface area (Å²) in [6.45, 7) is 1.05. The second-order valence-corrected chi connectivity index (χ2v) is 5.51. The molecule has 0 atom stereocenters. The Morgan fingerprint density at radius 3 is 2.55 bits per heavy atom. The van der Waals surface area contributed by atoms with Gasteiger partial charge in [-0.25, -0.2) is 0 Å². The number of hydrogen-bond donors (Lipinski definition) is 2. The topological polar surface area (TPSA) is 50.4 Å². The first kappa shape index (κ1) is 14.4. The molecule has 1 fully saturated rings. The molecule has 4 nitrogen and oxygen atoms in total. The molecule has 0 aromatic heterocycles. The highest BCUT2D eigenvalue weighted by Gasteiger charge is 2.21. The van der Waals surface area contributed by atoms with E-state index in [0.717, 1.165) is 18.0 Å². The first-order valence-electron chi connectivity index (χ1n) is 7.64. The number of hydrogen-bond acceptors (Lipinski definition) is 3. The van der Waals surface area contributed by atoms with Gasteiger partial charge in [0.25, 0.3) is 0 Å². The molecule has 0 bridgehead atoms. The molecule has 1 amide bonds. The van der Waals surface area contributed by atoms with Gasteiger partial charge in [0.2, 0.25) is 5.91 Å². The normalized spacial score (nSPS) is 13.5. The zero-order chi connectivity index (χ0) is 15.2. The predicted octanol–water partition coefficient (Wildman–Crippen LogP) is 3.42. The van der Waals surface area contributed by atoms with Crippen LogP contribution < -0.4 is 15.4 Å². The lowest BCUT2D eigenvalue weighted by Gasteiger charge is -2.13. The summed E-state index contributed by atoms with van der Waals surface area (Å²) in [5.41, 5.74) is 0.813. The molecule has 0 unspecified atom stereocenters. The summed E-state index contributed by atoms with van der Waals surface area (Å²) in [7, 11) is 0. The fourth-order valence-corrected chi connectivity index (χ4v) is 2.14. The van der Waals surface area contributed by atoms with E-state index in [1.165, 1.54) is 12.8 Å². The van der Waals surface area contributed by atoms with Gasteiger partial charge in [0.1, 0.15) is 5.75 Å². The lowest BCUT2D eigenvalue weighted by Crippen LogP contribution is -2.31. The van der Waals surface area contributed by atoms with Crippen molar-refractivity contribution in [3.63, 3.8) is 0 Å². The Kier molecular flexibility index (Phi) is 4.59. The molecule has 0 heterocycles. The molecule has 0 saturated heterocycles. The van der Waals surface area contributed by atoms with Crippen LogP contribution in [0, 0.1) is 5.92 Å². The third-order valence-electron chi connectivity index (χ3n) is 3.58. The molecule has 0 radical (unpaired) electrons. The van der Waals surface area contributed by atoms with Gasteiger partial charge in [-0.2, -0.15) is 0 Å². The van der Waals surface area contributed by atoms with Crippen LogP contribution >= 0.6 is 0 Å². The van der Waals surface area contributed by atoms with Gasteiger partial charge in [0, 0.05) is 6.54 Å². The fourth-order valence-electron chi connectivity index (χ4n) is 2.14. The monoisotopic (exact) mass is 296 g/mol.